The molecule has 0 radical (unpaired) electrons. The van der Waals surface area contributed by atoms with Crippen LogP contribution in [0.15, 0.2) is 0 Å². The van der Waals surface area contributed by atoms with E-state index in [4.69, 9.17) is 10.2 Å². The van der Waals surface area contributed by atoms with Gasteiger partial charge >= 0.3 is 5.97 Å². The van der Waals surface area contributed by atoms with Crippen LogP contribution >= 0.6 is 12.6 Å². The lowest BCUT2D eigenvalue weighted by Gasteiger charge is -2.12. The lowest BCUT2D eigenvalue weighted by molar-refractivity contribution is -0.144. The Morgan fingerprint density at radius 3 is 2.22 bits per heavy atom. The number of hydrogen-bond donors (Lipinski definition) is 4. The fourth-order valence-electron chi connectivity index (χ4n) is 1.03. The minimum atomic E-state index is -0.930. The summed E-state index contributed by atoms with van der Waals surface area (Å²) in [4.78, 5) is 20.7. The van der Waals surface area contributed by atoms with E-state index in [-0.39, 0.29) is 5.91 Å². The Balaban J connectivity index is 0. The van der Waals surface area contributed by atoms with E-state index in [1.807, 2.05) is 13.8 Å². The molecule has 0 saturated heterocycles. The summed E-state index contributed by atoms with van der Waals surface area (Å²) in [7, 11) is 0. The second-order valence-corrected chi connectivity index (χ2v) is 4.36. The highest BCUT2D eigenvalue weighted by Crippen LogP contribution is 2.08. The number of carboxylic acid groups (broad SMARTS) is 1. The molecule has 5 nitrogen and oxygen atoms in total. The van der Waals surface area contributed by atoms with Crippen molar-refractivity contribution in [1.82, 2.24) is 5.32 Å². The van der Waals surface area contributed by atoms with Gasteiger partial charge in [-0.15, -0.1) is 0 Å². The standard InChI is InChI=1S/C7H14O3.C5H11NOS/c1-3-4-6(8)5(2)7(9)10;1-2-5(7)6-3-4-8/h5-6,8H,3-4H2,1-2H3,(H,9,10);8H,2-4H2,1H3,(H,6,7)/t5-,6+;/m1./s1. The Labute approximate surface area is 114 Å². The maximum Gasteiger partial charge on any atom is 0.308 e. The fourth-order valence-corrected chi connectivity index (χ4v) is 1.14. The number of aliphatic hydroxyl groups is 1. The van der Waals surface area contributed by atoms with Gasteiger partial charge in [0.25, 0.3) is 0 Å². The zero-order valence-corrected chi connectivity index (χ0v) is 12.2. The van der Waals surface area contributed by atoms with Gasteiger partial charge in [0, 0.05) is 18.7 Å². The summed E-state index contributed by atoms with van der Waals surface area (Å²) >= 11 is 3.92. The first-order chi connectivity index (χ1) is 8.40. The van der Waals surface area contributed by atoms with Crippen LogP contribution < -0.4 is 5.32 Å². The Morgan fingerprint density at radius 1 is 1.33 bits per heavy atom. The van der Waals surface area contributed by atoms with Crippen LogP contribution in [-0.2, 0) is 9.59 Å². The van der Waals surface area contributed by atoms with Gasteiger partial charge in [0.15, 0.2) is 0 Å². The molecule has 0 aromatic rings. The van der Waals surface area contributed by atoms with Gasteiger partial charge in [-0.3, -0.25) is 9.59 Å². The van der Waals surface area contributed by atoms with Crippen LogP contribution in [0.5, 0.6) is 0 Å². The van der Waals surface area contributed by atoms with E-state index in [9.17, 15) is 9.59 Å². The van der Waals surface area contributed by atoms with E-state index < -0.39 is 18.0 Å². The number of aliphatic hydroxyl groups excluding tert-OH is 1. The molecule has 0 aliphatic rings. The number of nitrogens with one attached hydrogen (secondary N) is 1. The van der Waals surface area contributed by atoms with Crippen molar-refractivity contribution >= 4 is 24.5 Å². The predicted octanol–water partition coefficient (Wildman–Crippen LogP) is 1.31. The van der Waals surface area contributed by atoms with Gasteiger partial charge in [-0.2, -0.15) is 12.6 Å². The molecule has 18 heavy (non-hydrogen) atoms. The van der Waals surface area contributed by atoms with Crippen LogP contribution in [0.1, 0.15) is 40.0 Å². The highest BCUT2D eigenvalue weighted by Gasteiger charge is 2.19. The zero-order chi connectivity index (χ0) is 14.6. The van der Waals surface area contributed by atoms with Gasteiger partial charge in [-0.05, 0) is 13.3 Å². The van der Waals surface area contributed by atoms with Crippen LogP contribution in [0, 0.1) is 5.92 Å². The van der Waals surface area contributed by atoms with Crippen LogP contribution in [0.25, 0.3) is 0 Å². The number of carbonyl (C=O) groups is 2. The van der Waals surface area contributed by atoms with E-state index in [0.717, 1.165) is 6.42 Å². The quantitative estimate of drug-likeness (QED) is 0.529. The third kappa shape index (κ3) is 11.7. The molecule has 2 atom stereocenters. The van der Waals surface area contributed by atoms with Crippen molar-refractivity contribution in [2.24, 2.45) is 5.92 Å². The van der Waals surface area contributed by atoms with Crippen molar-refractivity contribution in [2.75, 3.05) is 12.3 Å². The first-order valence-electron chi connectivity index (χ1n) is 6.19. The number of thiol groups is 1. The molecule has 0 bridgehead atoms. The Kier molecular flexibility index (Phi) is 13.8. The summed E-state index contributed by atoms with van der Waals surface area (Å²) in [6, 6.07) is 0. The maximum atomic E-state index is 10.4. The van der Waals surface area contributed by atoms with Crippen LogP contribution in [0.3, 0.4) is 0 Å². The van der Waals surface area contributed by atoms with E-state index in [2.05, 4.69) is 17.9 Å². The largest absolute Gasteiger partial charge is 0.481 e. The highest BCUT2D eigenvalue weighted by molar-refractivity contribution is 7.80. The molecule has 0 heterocycles. The summed E-state index contributed by atoms with van der Waals surface area (Å²) < 4.78 is 0. The molecule has 0 aromatic heterocycles. The zero-order valence-electron chi connectivity index (χ0n) is 11.3. The molecule has 0 aliphatic carbocycles. The molecule has 1 amide bonds. The Morgan fingerprint density at radius 2 is 1.89 bits per heavy atom. The van der Waals surface area contributed by atoms with Gasteiger partial charge in [0.05, 0.1) is 12.0 Å². The normalized spacial score (nSPS) is 12.9. The van der Waals surface area contributed by atoms with E-state index in [1.54, 1.807) is 0 Å². The molecule has 0 fully saturated rings. The predicted molar refractivity (Wildman–Crippen MR) is 74.9 cm³/mol. The summed E-state index contributed by atoms with van der Waals surface area (Å²) in [5, 5.41) is 20.2. The second kappa shape index (κ2) is 12.7. The van der Waals surface area contributed by atoms with E-state index >= 15 is 0 Å². The van der Waals surface area contributed by atoms with Crippen molar-refractivity contribution in [3.8, 4) is 0 Å². The van der Waals surface area contributed by atoms with Gasteiger partial charge in [0.2, 0.25) is 5.91 Å². The number of aliphatic carboxylic acids is 1. The number of carboxylic acids is 1. The van der Waals surface area contributed by atoms with Crippen LogP contribution in [0.2, 0.25) is 0 Å². The van der Waals surface area contributed by atoms with Gasteiger partial charge in [-0.1, -0.05) is 20.3 Å². The molecule has 3 N–H and O–H groups in total. The maximum absolute atomic E-state index is 10.4. The van der Waals surface area contributed by atoms with Crippen molar-refractivity contribution in [1.29, 1.82) is 0 Å². The highest BCUT2D eigenvalue weighted by atomic mass is 32.1. The van der Waals surface area contributed by atoms with E-state index in [1.165, 1.54) is 6.92 Å². The van der Waals surface area contributed by atoms with Crippen molar-refractivity contribution in [3.63, 3.8) is 0 Å². The third-order valence-electron chi connectivity index (χ3n) is 2.31. The summed E-state index contributed by atoms with van der Waals surface area (Å²) in [5.41, 5.74) is 0. The monoisotopic (exact) mass is 279 g/mol. The fraction of sp³-hybridized carbons (Fsp3) is 0.833. The SMILES string of the molecule is CCC(=O)NCCS.CCC[C@H](O)[C@@H](C)C(=O)O. The number of amides is 1. The van der Waals surface area contributed by atoms with Crippen molar-refractivity contribution in [2.45, 2.75) is 46.1 Å². The van der Waals surface area contributed by atoms with Gasteiger partial charge in [0.1, 0.15) is 0 Å². The first-order valence-corrected chi connectivity index (χ1v) is 6.82. The molecule has 0 aliphatic heterocycles. The van der Waals surface area contributed by atoms with E-state index in [0.29, 0.717) is 25.1 Å². The molecule has 6 heteroatoms. The lowest BCUT2D eigenvalue weighted by atomic mass is 10.0. The second-order valence-electron chi connectivity index (χ2n) is 3.91. The number of hydrogen-bond acceptors (Lipinski definition) is 4. The number of rotatable bonds is 7. The molecule has 0 aromatic carbocycles. The molecular formula is C12H25NO4S. The van der Waals surface area contributed by atoms with Crippen molar-refractivity contribution < 1.29 is 19.8 Å². The van der Waals surface area contributed by atoms with Crippen molar-refractivity contribution in [3.05, 3.63) is 0 Å². The minimum Gasteiger partial charge on any atom is -0.481 e. The first kappa shape index (κ1) is 19.6. The lowest BCUT2D eigenvalue weighted by Crippen LogP contribution is -2.24. The molecule has 108 valence electrons. The summed E-state index contributed by atoms with van der Waals surface area (Å²) in [5.74, 6) is -0.758. The Hall–Kier alpha value is -0.750. The summed E-state index contributed by atoms with van der Waals surface area (Å²) in [6.07, 6.45) is 1.25. The van der Waals surface area contributed by atoms with Crippen LogP contribution in [-0.4, -0.2) is 40.5 Å². The van der Waals surface area contributed by atoms with Gasteiger partial charge < -0.3 is 15.5 Å². The summed E-state index contributed by atoms with van der Waals surface area (Å²) in [6.45, 7) is 5.93. The van der Waals surface area contributed by atoms with Crippen LogP contribution in [0.4, 0.5) is 0 Å². The molecular weight excluding hydrogens is 254 g/mol. The molecule has 0 rings (SSSR count). The van der Waals surface area contributed by atoms with Gasteiger partial charge in [-0.25, -0.2) is 0 Å². The topological polar surface area (TPSA) is 86.6 Å². The molecule has 0 saturated carbocycles. The Bertz CT molecular complexity index is 236. The average molecular weight is 279 g/mol. The minimum absolute atomic E-state index is 0.0963. The third-order valence-corrected chi connectivity index (χ3v) is 2.53. The molecule has 0 unspecified atom stereocenters. The average Bonchev–Trinajstić information content (AvgIpc) is 2.35. The molecule has 0 spiro atoms. The number of carbonyl (C=O) groups excluding carboxylic acids is 1. The smallest absolute Gasteiger partial charge is 0.308 e.